The molecule has 1 saturated carbocycles. The number of rotatable bonds is 2. The van der Waals surface area contributed by atoms with E-state index in [1.54, 1.807) is 5.56 Å². The molecule has 3 rings (SSSR count). The second-order valence-corrected chi connectivity index (χ2v) is 8.29. The van der Waals surface area contributed by atoms with E-state index in [2.05, 4.69) is 71.0 Å². The van der Waals surface area contributed by atoms with Gasteiger partial charge in [-0.05, 0) is 55.6 Å². The van der Waals surface area contributed by atoms with E-state index in [9.17, 15) is 0 Å². The summed E-state index contributed by atoms with van der Waals surface area (Å²) < 4.78 is 0. The highest BCUT2D eigenvalue weighted by Crippen LogP contribution is 2.53. The van der Waals surface area contributed by atoms with Gasteiger partial charge < -0.3 is 0 Å². The van der Waals surface area contributed by atoms with Crippen LogP contribution in [-0.4, -0.2) is 23.8 Å². The highest BCUT2D eigenvalue weighted by molar-refractivity contribution is 5.35. The number of hydrogen-bond acceptors (Lipinski definition) is 2. The van der Waals surface area contributed by atoms with Crippen LogP contribution < -0.4 is 0 Å². The highest BCUT2D eigenvalue weighted by atomic mass is 16.7. The first-order valence-corrected chi connectivity index (χ1v) is 8.79. The summed E-state index contributed by atoms with van der Waals surface area (Å²) in [5.41, 5.74) is 3.28. The fourth-order valence-electron chi connectivity index (χ4n) is 5.32. The van der Waals surface area contributed by atoms with Crippen LogP contribution in [0.3, 0.4) is 0 Å². The highest BCUT2D eigenvalue weighted by Gasteiger charge is 2.55. The first-order chi connectivity index (χ1) is 10.3. The van der Waals surface area contributed by atoms with E-state index in [1.165, 1.54) is 18.4 Å². The Kier molecular flexibility index (Phi) is 3.89. The van der Waals surface area contributed by atoms with Gasteiger partial charge in [0.25, 0.3) is 0 Å². The topological polar surface area (TPSA) is 12.5 Å². The van der Waals surface area contributed by atoms with Gasteiger partial charge in [-0.25, -0.2) is 0 Å². The minimum absolute atomic E-state index is 0.0590. The summed E-state index contributed by atoms with van der Waals surface area (Å²) in [7, 11) is 2.12. The Bertz CT molecular complexity index is 552. The van der Waals surface area contributed by atoms with Crippen molar-refractivity contribution in [1.29, 1.82) is 0 Å². The average molecular weight is 301 g/mol. The van der Waals surface area contributed by atoms with Gasteiger partial charge in [0, 0.05) is 19.0 Å². The molecule has 4 atom stereocenters. The van der Waals surface area contributed by atoms with Crippen LogP contribution in [0.15, 0.2) is 24.3 Å². The third kappa shape index (κ3) is 2.41. The van der Waals surface area contributed by atoms with Gasteiger partial charge in [-0.2, -0.15) is 5.06 Å². The maximum Gasteiger partial charge on any atom is 0.0887 e. The van der Waals surface area contributed by atoms with Crippen molar-refractivity contribution in [2.45, 2.75) is 70.9 Å². The molecule has 2 heteroatoms. The SMILES string of the molecule is CCc1ccccc1C1(C)CC(C)C2C(C1)C(C)(C)ON2C. The predicted molar refractivity (Wildman–Crippen MR) is 91.8 cm³/mol. The third-order valence-electron chi connectivity index (χ3n) is 6.18. The van der Waals surface area contributed by atoms with Gasteiger partial charge >= 0.3 is 0 Å². The molecule has 0 N–H and O–H groups in total. The number of aryl methyl sites for hydroxylation is 1. The minimum atomic E-state index is -0.0590. The van der Waals surface area contributed by atoms with E-state index in [1.807, 2.05) is 0 Å². The van der Waals surface area contributed by atoms with Gasteiger partial charge in [-0.3, -0.25) is 4.84 Å². The lowest BCUT2D eigenvalue weighted by molar-refractivity contribution is -0.182. The van der Waals surface area contributed by atoms with Crippen LogP contribution in [0.4, 0.5) is 0 Å². The summed E-state index contributed by atoms with van der Waals surface area (Å²) in [5, 5.41) is 2.14. The largest absolute Gasteiger partial charge is 0.293 e. The molecule has 1 aliphatic heterocycles. The van der Waals surface area contributed by atoms with Gasteiger partial charge in [-0.1, -0.05) is 45.0 Å². The summed E-state index contributed by atoms with van der Waals surface area (Å²) in [5.74, 6) is 1.25. The Morgan fingerprint density at radius 3 is 2.55 bits per heavy atom. The molecule has 1 saturated heterocycles. The van der Waals surface area contributed by atoms with Crippen LogP contribution in [0.5, 0.6) is 0 Å². The van der Waals surface area contributed by atoms with Gasteiger partial charge in [0.1, 0.15) is 0 Å². The number of benzene rings is 1. The lowest BCUT2D eigenvalue weighted by Gasteiger charge is -2.47. The summed E-state index contributed by atoms with van der Waals surface area (Å²) in [6.07, 6.45) is 3.58. The van der Waals surface area contributed by atoms with Crippen LogP contribution in [-0.2, 0) is 16.7 Å². The Hall–Kier alpha value is -0.860. The molecule has 1 aliphatic carbocycles. The van der Waals surface area contributed by atoms with E-state index in [0.29, 0.717) is 17.9 Å². The van der Waals surface area contributed by atoms with Crippen molar-refractivity contribution in [1.82, 2.24) is 5.06 Å². The molecule has 0 bridgehead atoms. The number of hydrogen-bond donors (Lipinski definition) is 0. The summed E-state index contributed by atoms with van der Waals surface area (Å²) in [6.45, 7) is 11.7. The van der Waals surface area contributed by atoms with Gasteiger partial charge in [0.15, 0.2) is 0 Å². The average Bonchev–Trinajstić information content (AvgIpc) is 2.68. The number of nitrogens with zero attached hydrogens (tertiary/aromatic N) is 1. The number of fused-ring (bicyclic) bond motifs is 1. The Morgan fingerprint density at radius 1 is 1.18 bits per heavy atom. The van der Waals surface area contributed by atoms with E-state index in [4.69, 9.17) is 4.84 Å². The third-order valence-corrected chi connectivity index (χ3v) is 6.18. The Balaban J connectivity index is 2.00. The van der Waals surface area contributed by atoms with Crippen molar-refractivity contribution in [3.63, 3.8) is 0 Å². The molecule has 0 spiro atoms. The van der Waals surface area contributed by atoms with E-state index in [0.717, 1.165) is 6.42 Å². The quantitative estimate of drug-likeness (QED) is 0.793. The van der Waals surface area contributed by atoms with Gasteiger partial charge in [0.2, 0.25) is 0 Å². The number of hydroxylamine groups is 2. The van der Waals surface area contributed by atoms with Crippen LogP contribution in [0.25, 0.3) is 0 Å². The first-order valence-electron chi connectivity index (χ1n) is 8.79. The Labute approximate surface area is 135 Å². The molecule has 1 heterocycles. The molecular weight excluding hydrogens is 270 g/mol. The van der Waals surface area contributed by atoms with Gasteiger partial charge in [0.05, 0.1) is 5.60 Å². The summed E-state index contributed by atoms with van der Waals surface area (Å²) >= 11 is 0. The zero-order valence-electron chi connectivity index (χ0n) is 15.0. The maximum absolute atomic E-state index is 6.19. The fraction of sp³-hybridized carbons (Fsp3) is 0.700. The van der Waals surface area contributed by atoms with Crippen LogP contribution >= 0.6 is 0 Å². The molecular formula is C20H31NO. The van der Waals surface area contributed by atoms with Crippen molar-refractivity contribution >= 4 is 0 Å². The molecule has 0 radical (unpaired) electrons. The zero-order valence-corrected chi connectivity index (χ0v) is 15.0. The van der Waals surface area contributed by atoms with Crippen molar-refractivity contribution in [3.05, 3.63) is 35.4 Å². The molecule has 22 heavy (non-hydrogen) atoms. The summed E-state index contributed by atoms with van der Waals surface area (Å²) in [6, 6.07) is 9.60. The Morgan fingerprint density at radius 2 is 1.86 bits per heavy atom. The molecule has 2 fully saturated rings. The molecule has 4 unspecified atom stereocenters. The zero-order chi connectivity index (χ0) is 16.1. The first kappa shape index (κ1) is 16.0. The molecule has 1 aromatic carbocycles. The molecule has 1 aromatic rings. The minimum Gasteiger partial charge on any atom is -0.293 e. The smallest absolute Gasteiger partial charge is 0.0887 e. The normalized spacial score (nSPS) is 38.0. The molecule has 0 aromatic heterocycles. The second kappa shape index (κ2) is 5.35. The van der Waals surface area contributed by atoms with E-state index in [-0.39, 0.29) is 11.0 Å². The standard InChI is InChI=1S/C20H31NO/c1-7-15-10-8-9-11-16(15)20(5)12-14(2)18-17(13-20)19(3,4)22-21(18)6/h8-11,14,17-18H,7,12-13H2,1-6H3. The maximum atomic E-state index is 6.19. The molecule has 122 valence electrons. The van der Waals surface area contributed by atoms with Crippen LogP contribution in [0, 0.1) is 11.8 Å². The predicted octanol–water partition coefficient (Wildman–Crippen LogP) is 4.58. The molecule has 2 aliphatic rings. The van der Waals surface area contributed by atoms with E-state index < -0.39 is 0 Å². The molecule has 0 amide bonds. The van der Waals surface area contributed by atoms with Crippen LogP contribution in [0.2, 0.25) is 0 Å². The monoisotopic (exact) mass is 301 g/mol. The van der Waals surface area contributed by atoms with Gasteiger partial charge in [-0.15, -0.1) is 0 Å². The fourth-order valence-corrected chi connectivity index (χ4v) is 5.32. The molecule has 2 nitrogen and oxygen atoms in total. The van der Waals surface area contributed by atoms with Crippen molar-refractivity contribution in [2.24, 2.45) is 11.8 Å². The van der Waals surface area contributed by atoms with Crippen molar-refractivity contribution < 1.29 is 4.84 Å². The lowest BCUT2D eigenvalue weighted by atomic mass is 9.58. The van der Waals surface area contributed by atoms with E-state index >= 15 is 0 Å². The van der Waals surface area contributed by atoms with Crippen molar-refractivity contribution in [2.75, 3.05) is 7.05 Å². The summed E-state index contributed by atoms with van der Waals surface area (Å²) in [4.78, 5) is 6.19. The lowest BCUT2D eigenvalue weighted by Crippen LogP contribution is -2.48. The van der Waals surface area contributed by atoms with Crippen LogP contribution in [0.1, 0.15) is 58.6 Å². The second-order valence-electron chi connectivity index (χ2n) is 8.29. The van der Waals surface area contributed by atoms with Crippen molar-refractivity contribution in [3.8, 4) is 0 Å².